The van der Waals surface area contributed by atoms with Crippen LogP contribution in [0.2, 0.25) is 0 Å². The van der Waals surface area contributed by atoms with Crippen molar-refractivity contribution in [3.63, 3.8) is 0 Å². The summed E-state index contributed by atoms with van der Waals surface area (Å²) in [4.78, 5) is 14.2. The van der Waals surface area contributed by atoms with Crippen LogP contribution in [0.15, 0.2) is 28.8 Å². The van der Waals surface area contributed by atoms with E-state index >= 15 is 0 Å². The van der Waals surface area contributed by atoms with Gasteiger partial charge in [0.2, 0.25) is 0 Å². The Morgan fingerprint density at radius 2 is 1.84 bits per heavy atom. The molecule has 170 valence electrons. The maximum Gasteiger partial charge on any atom is 0.416 e. The average molecular weight is 439 g/mol. The molecule has 3 rings (SSSR count). The molecule has 0 saturated heterocycles. The van der Waals surface area contributed by atoms with Crippen LogP contribution in [0.4, 0.5) is 13.2 Å². The van der Waals surface area contributed by atoms with Crippen molar-refractivity contribution < 1.29 is 27.6 Å². The van der Waals surface area contributed by atoms with Crippen molar-refractivity contribution >= 4 is 5.91 Å². The number of aromatic nitrogens is 1. The molecule has 1 saturated carbocycles. The van der Waals surface area contributed by atoms with Crippen LogP contribution in [0.25, 0.3) is 11.3 Å². The van der Waals surface area contributed by atoms with E-state index in [0.29, 0.717) is 36.4 Å². The van der Waals surface area contributed by atoms with Gasteiger partial charge in [0.05, 0.1) is 11.7 Å². The Kier molecular flexibility index (Phi) is 7.06. The molecule has 1 heterocycles. The van der Waals surface area contributed by atoms with Gasteiger partial charge in [0.15, 0.2) is 11.5 Å². The third-order valence-corrected chi connectivity index (χ3v) is 5.64. The minimum atomic E-state index is -4.44. The van der Waals surface area contributed by atoms with Crippen LogP contribution in [0.3, 0.4) is 0 Å². The molecule has 0 atom stereocenters. The van der Waals surface area contributed by atoms with Crippen molar-refractivity contribution in [1.29, 1.82) is 0 Å². The Bertz CT molecular complexity index is 886. The molecule has 0 radical (unpaired) electrons. The highest BCUT2D eigenvalue weighted by molar-refractivity contribution is 5.93. The Hall–Kier alpha value is -2.39. The van der Waals surface area contributed by atoms with E-state index in [1.54, 1.807) is 0 Å². The van der Waals surface area contributed by atoms with Gasteiger partial charge in [-0.25, -0.2) is 0 Å². The second-order valence-corrected chi connectivity index (χ2v) is 8.56. The van der Waals surface area contributed by atoms with Crippen molar-refractivity contribution in [3.05, 3.63) is 41.1 Å². The molecule has 1 aliphatic carbocycles. The number of amides is 1. The third kappa shape index (κ3) is 5.65. The quantitative estimate of drug-likeness (QED) is 0.674. The SMILES string of the molecule is CC(C)CN(Cc1c(C(N)=O)noc1-c1ccc(C(F)(F)F)cc1)C1CCC(O)CC1. The van der Waals surface area contributed by atoms with E-state index in [2.05, 4.69) is 23.9 Å². The number of alkyl halides is 3. The van der Waals surface area contributed by atoms with Gasteiger partial charge in [0, 0.05) is 30.3 Å². The Morgan fingerprint density at radius 3 is 2.35 bits per heavy atom. The molecule has 31 heavy (non-hydrogen) atoms. The van der Waals surface area contributed by atoms with Crippen LogP contribution in [0.1, 0.15) is 61.1 Å². The lowest BCUT2D eigenvalue weighted by Crippen LogP contribution is -2.41. The summed E-state index contributed by atoms with van der Waals surface area (Å²) in [6, 6.07) is 4.77. The number of hydrogen-bond acceptors (Lipinski definition) is 5. The van der Waals surface area contributed by atoms with Crippen molar-refractivity contribution in [2.24, 2.45) is 11.7 Å². The molecule has 1 fully saturated rings. The van der Waals surface area contributed by atoms with Gasteiger partial charge in [-0.15, -0.1) is 0 Å². The fourth-order valence-electron chi connectivity index (χ4n) is 4.13. The van der Waals surface area contributed by atoms with E-state index in [-0.39, 0.29) is 23.6 Å². The van der Waals surface area contributed by atoms with E-state index in [4.69, 9.17) is 10.3 Å². The molecule has 1 amide bonds. The van der Waals surface area contributed by atoms with Crippen LogP contribution in [-0.2, 0) is 12.7 Å². The minimum Gasteiger partial charge on any atom is -0.393 e. The maximum absolute atomic E-state index is 12.9. The number of carbonyl (C=O) groups excluding carboxylic acids is 1. The number of nitrogens with zero attached hydrogens (tertiary/aromatic N) is 2. The highest BCUT2D eigenvalue weighted by atomic mass is 19.4. The normalized spacial score (nSPS) is 19.9. The molecule has 6 nitrogen and oxygen atoms in total. The second-order valence-electron chi connectivity index (χ2n) is 8.56. The summed E-state index contributed by atoms with van der Waals surface area (Å²) < 4.78 is 44.1. The predicted octanol–water partition coefficient (Wildman–Crippen LogP) is 4.22. The van der Waals surface area contributed by atoms with Gasteiger partial charge < -0.3 is 15.4 Å². The van der Waals surface area contributed by atoms with E-state index < -0.39 is 17.6 Å². The van der Waals surface area contributed by atoms with Gasteiger partial charge in [-0.05, 0) is 43.7 Å². The number of halogens is 3. The zero-order chi connectivity index (χ0) is 22.8. The van der Waals surface area contributed by atoms with Gasteiger partial charge in [-0.1, -0.05) is 31.1 Å². The first-order valence-electron chi connectivity index (χ1n) is 10.4. The summed E-state index contributed by atoms with van der Waals surface area (Å²) in [6.45, 7) is 5.25. The lowest BCUT2D eigenvalue weighted by molar-refractivity contribution is -0.137. The lowest BCUT2D eigenvalue weighted by atomic mass is 9.91. The average Bonchev–Trinajstić information content (AvgIpc) is 3.11. The minimum absolute atomic E-state index is 0.0144. The predicted molar refractivity (Wildman–Crippen MR) is 109 cm³/mol. The van der Waals surface area contributed by atoms with Gasteiger partial charge in [-0.3, -0.25) is 9.69 Å². The number of primary amides is 1. The van der Waals surface area contributed by atoms with Crippen molar-refractivity contribution in [2.75, 3.05) is 6.54 Å². The monoisotopic (exact) mass is 439 g/mol. The van der Waals surface area contributed by atoms with Gasteiger partial charge in [0.25, 0.3) is 5.91 Å². The van der Waals surface area contributed by atoms with E-state index in [1.807, 2.05) is 0 Å². The number of benzene rings is 1. The summed E-state index contributed by atoms with van der Waals surface area (Å²) in [5.74, 6) is -0.161. The van der Waals surface area contributed by atoms with Crippen molar-refractivity contribution in [2.45, 2.75) is 64.4 Å². The standard InChI is InChI=1S/C22H28F3N3O3/c1-13(2)11-28(16-7-9-17(29)10-8-16)12-18-19(21(26)30)27-31-20(18)14-3-5-15(6-4-14)22(23,24)25/h3-6,13,16-17,29H,7-12H2,1-2H3,(H2,26,30). The van der Waals surface area contributed by atoms with Crippen LogP contribution < -0.4 is 5.73 Å². The Balaban J connectivity index is 1.94. The summed E-state index contributed by atoms with van der Waals surface area (Å²) in [6.07, 6.45) is -1.69. The molecule has 0 spiro atoms. The van der Waals surface area contributed by atoms with Crippen molar-refractivity contribution in [3.8, 4) is 11.3 Å². The molecular formula is C22H28F3N3O3. The molecular weight excluding hydrogens is 411 g/mol. The largest absolute Gasteiger partial charge is 0.416 e. The third-order valence-electron chi connectivity index (χ3n) is 5.64. The number of rotatable bonds is 7. The van der Waals surface area contributed by atoms with Crippen LogP contribution in [-0.4, -0.2) is 39.8 Å². The first-order valence-corrected chi connectivity index (χ1v) is 10.4. The first kappa shape index (κ1) is 23.3. The van der Waals surface area contributed by atoms with Gasteiger partial charge in [-0.2, -0.15) is 13.2 Å². The van der Waals surface area contributed by atoms with Crippen LogP contribution >= 0.6 is 0 Å². The highest BCUT2D eigenvalue weighted by Crippen LogP contribution is 2.34. The number of hydrogen-bond donors (Lipinski definition) is 2. The number of aliphatic hydroxyl groups excluding tert-OH is 1. The lowest BCUT2D eigenvalue weighted by Gasteiger charge is -2.36. The van der Waals surface area contributed by atoms with E-state index in [0.717, 1.165) is 31.5 Å². The maximum atomic E-state index is 12.9. The summed E-state index contributed by atoms with van der Waals surface area (Å²) in [7, 11) is 0. The molecule has 0 bridgehead atoms. The molecule has 2 aromatic rings. The molecule has 9 heteroatoms. The van der Waals surface area contributed by atoms with Crippen molar-refractivity contribution in [1.82, 2.24) is 10.1 Å². The van der Waals surface area contributed by atoms with Crippen LogP contribution in [0, 0.1) is 5.92 Å². The van der Waals surface area contributed by atoms with Crippen LogP contribution in [0.5, 0.6) is 0 Å². The molecule has 1 aromatic carbocycles. The first-order chi connectivity index (χ1) is 14.6. The molecule has 0 aliphatic heterocycles. The number of nitrogens with two attached hydrogens (primary N) is 1. The molecule has 1 aliphatic rings. The number of aliphatic hydroxyl groups is 1. The second kappa shape index (κ2) is 9.40. The molecule has 0 unspecified atom stereocenters. The zero-order valence-electron chi connectivity index (χ0n) is 17.7. The Labute approximate surface area is 179 Å². The summed E-state index contributed by atoms with van der Waals surface area (Å²) in [5.41, 5.74) is 5.58. The molecule has 3 N–H and O–H groups in total. The highest BCUT2D eigenvalue weighted by Gasteiger charge is 2.32. The summed E-state index contributed by atoms with van der Waals surface area (Å²) >= 11 is 0. The smallest absolute Gasteiger partial charge is 0.393 e. The topological polar surface area (TPSA) is 92.6 Å². The van der Waals surface area contributed by atoms with E-state index in [9.17, 15) is 23.1 Å². The van der Waals surface area contributed by atoms with E-state index in [1.165, 1.54) is 12.1 Å². The fraction of sp³-hybridized carbons (Fsp3) is 0.545. The Morgan fingerprint density at radius 1 is 1.23 bits per heavy atom. The summed E-state index contributed by atoms with van der Waals surface area (Å²) in [5, 5.41) is 13.7. The fourth-order valence-corrected chi connectivity index (χ4v) is 4.13. The molecule has 1 aromatic heterocycles. The zero-order valence-corrected chi connectivity index (χ0v) is 17.7. The van der Waals surface area contributed by atoms with Gasteiger partial charge in [0.1, 0.15) is 0 Å². The van der Waals surface area contributed by atoms with Gasteiger partial charge >= 0.3 is 6.18 Å². The number of carbonyl (C=O) groups is 1.